The molecule has 1 aromatic heterocycles. The molecule has 1 heterocycles. The standard InChI is InChI=1S/C20H23N3O/c1-3-14(2)17-11-16(18-12-20(21)23-22-18)9-10-19(17)24-13-15-7-5-4-6-8-15/h4-12,14H,3,13H2,1-2H3,(H3,21,22,23). The van der Waals surface area contributed by atoms with Gasteiger partial charge in [-0.2, -0.15) is 5.10 Å². The number of nitrogens with one attached hydrogen (secondary N) is 1. The Morgan fingerprint density at radius 3 is 2.58 bits per heavy atom. The number of rotatable bonds is 6. The Balaban J connectivity index is 1.87. The number of aromatic amines is 1. The SMILES string of the molecule is CCC(C)c1cc(-c2cc(N)n[nH]2)ccc1OCc1ccccc1. The molecule has 4 nitrogen and oxygen atoms in total. The Morgan fingerprint density at radius 1 is 1.12 bits per heavy atom. The number of aromatic nitrogens is 2. The van der Waals surface area contributed by atoms with Gasteiger partial charge in [-0.1, -0.05) is 44.2 Å². The van der Waals surface area contributed by atoms with Gasteiger partial charge in [-0.3, -0.25) is 5.10 Å². The second-order valence-electron chi connectivity index (χ2n) is 6.04. The molecule has 24 heavy (non-hydrogen) atoms. The summed E-state index contributed by atoms with van der Waals surface area (Å²) in [6.07, 6.45) is 1.05. The quantitative estimate of drug-likeness (QED) is 0.688. The van der Waals surface area contributed by atoms with Crippen LogP contribution in [0.25, 0.3) is 11.3 Å². The maximum absolute atomic E-state index is 6.09. The minimum atomic E-state index is 0.413. The van der Waals surface area contributed by atoms with E-state index in [9.17, 15) is 0 Å². The van der Waals surface area contributed by atoms with Crippen molar-refractivity contribution >= 4 is 5.82 Å². The molecular weight excluding hydrogens is 298 g/mol. The molecule has 0 saturated heterocycles. The Labute approximate surface area is 142 Å². The third-order valence-corrected chi connectivity index (χ3v) is 4.30. The molecule has 0 bridgehead atoms. The van der Waals surface area contributed by atoms with Gasteiger partial charge < -0.3 is 10.5 Å². The topological polar surface area (TPSA) is 63.9 Å². The molecule has 3 rings (SSSR count). The fraction of sp³-hybridized carbons (Fsp3) is 0.250. The predicted octanol–water partition coefficient (Wildman–Crippen LogP) is 4.75. The molecule has 124 valence electrons. The molecular formula is C20H23N3O. The van der Waals surface area contributed by atoms with Gasteiger partial charge in [-0.05, 0) is 41.7 Å². The van der Waals surface area contributed by atoms with Gasteiger partial charge in [0.05, 0.1) is 5.69 Å². The molecule has 0 aliphatic rings. The fourth-order valence-electron chi connectivity index (χ4n) is 2.67. The van der Waals surface area contributed by atoms with E-state index in [0.29, 0.717) is 18.3 Å². The van der Waals surface area contributed by atoms with Crippen LogP contribution in [0, 0.1) is 0 Å². The van der Waals surface area contributed by atoms with Gasteiger partial charge in [0.25, 0.3) is 0 Å². The van der Waals surface area contributed by atoms with Crippen molar-refractivity contribution in [3.63, 3.8) is 0 Å². The van der Waals surface area contributed by atoms with Crippen LogP contribution >= 0.6 is 0 Å². The number of anilines is 1. The first-order valence-electron chi connectivity index (χ1n) is 8.29. The smallest absolute Gasteiger partial charge is 0.145 e. The molecule has 0 saturated carbocycles. The van der Waals surface area contributed by atoms with E-state index in [4.69, 9.17) is 10.5 Å². The lowest BCUT2D eigenvalue weighted by Crippen LogP contribution is -2.01. The van der Waals surface area contributed by atoms with E-state index in [2.05, 4.69) is 42.2 Å². The second kappa shape index (κ2) is 7.21. The van der Waals surface area contributed by atoms with E-state index >= 15 is 0 Å². The first-order chi connectivity index (χ1) is 11.7. The number of nitrogen functional groups attached to an aromatic ring is 1. The van der Waals surface area contributed by atoms with Gasteiger partial charge in [0.2, 0.25) is 0 Å². The van der Waals surface area contributed by atoms with E-state index in [1.54, 1.807) is 0 Å². The number of H-pyrrole nitrogens is 1. The van der Waals surface area contributed by atoms with Crippen molar-refractivity contribution in [3.05, 3.63) is 65.7 Å². The van der Waals surface area contributed by atoms with Crippen LogP contribution in [0.3, 0.4) is 0 Å². The first-order valence-corrected chi connectivity index (χ1v) is 8.29. The summed E-state index contributed by atoms with van der Waals surface area (Å²) in [6.45, 7) is 4.98. The van der Waals surface area contributed by atoms with Crippen LogP contribution in [-0.4, -0.2) is 10.2 Å². The molecule has 4 heteroatoms. The van der Waals surface area contributed by atoms with E-state index in [1.165, 1.54) is 5.56 Å². The summed E-state index contributed by atoms with van der Waals surface area (Å²) in [6, 6.07) is 18.3. The van der Waals surface area contributed by atoms with Gasteiger partial charge in [-0.15, -0.1) is 0 Å². The lowest BCUT2D eigenvalue weighted by atomic mass is 9.95. The van der Waals surface area contributed by atoms with Gasteiger partial charge in [0, 0.05) is 11.6 Å². The Kier molecular flexibility index (Phi) is 4.85. The van der Waals surface area contributed by atoms with Crippen LogP contribution < -0.4 is 10.5 Å². The minimum Gasteiger partial charge on any atom is -0.489 e. The summed E-state index contributed by atoms with van der Waals surface area (Å²) in [5, 5.41) is 6.98. The number of nitrogens with two attached hydrogens (primary N) is 1. The second-order valence-corrected chi connectivity index (χ2v) is 6.04. The lowest BCUT2D eigenvalue weighted by molar-refractivity contribution is 0.301. The average molecular weight is 321 g/mol. The third kappa shape index (κ3) is 3.59. The third-order valence-electron chi connectivity index (χ3n) is 4.30. The van der Waals surface area contributed by atoms with Gasteiger partial charge >= 0.3 is 0 Å². The molecule has 1 unspecified atom stereocenters. The van der Waals surface area contributed by atoms with E-state index in [-0.39, 0.29) is 0 Å². The molecule has 0 aliphatic carbocycles. The summed E-state index contributed by atoms with van der Waals surface area (Å²) in [5.74, 6) is 1.85. The van der Waals surface area contributed by atoms with E-state index < -0.39 is 0 Å². The zero-order chi connectivity index (χ0) is 16.9. The fourth-order valence-corrected chi connectivity index (χ4v) is 2.67. The average Bonchev–Trinajstić information content (AvgIpc) is 3.06. The van der Waals surface area contributed by atoms with Crippen LogP contribution in [-0.2, 0) is 6.61 Å². The van der Waals surface area contributed by atoms with E-state index in [0.717, 1.165) is 29.0 Å². The normalized spacial score (nSPS) is 12.1. The van der Waals surface area contributed by atoms with Crippen molar-refractivity contribution in [2.75, 3.05) is 5.73 Å². The van der Waals surface area contributed by atoms with Gasteiger partial charge in [0.1, 0.15) is 18.2 Å². The summed E-state index contributed by atoms with van der Waals surface area (Å²) in [4.78, 5) is 0. The van der Waals surface area contributed by atoms with Crippen LogP contribution in [0.5, 0.6) is 5.75 Å². The molecule has 3 N–H and O–H groups in total. The molecule has 0 radical (unpaired) electrons. The number of ether oxygens (including phenoxy) is 1. The molecule has 0 fully saturated rings. The molecule has 0 amide bonds. The molecule has 3 aromatic rings. The summed E-state index contributed by atoms with van der Waals surface area (Å²) in [5.41, 5.74) is 10.1. The van der Waals surface area contributed by atoms with Gasteiger partial charge in [-0.25, -0.2) is 0 Å². The molecule has 2 aromatic carbocycles. The largest absolute Gasteiger partial charge is 0.489 e. The van der Waals surface area contributed by atoms with Crippen molar-refractivity contribution < 1.29 is 4.74 Å². The maximum atomic E-state index is 6.09. The van der Waals surface area contributed by atoms with Crippen molar-refractivity contribution in [2.24, 2.45) is 0 Å². The molecule has 1 atom stereocenters. The number of hydrogen-bond acceptors (Lipinski definition) is 3. The Hall–Kier alpha value is -2.75. The van der Waals surface area contributed by atoms with Crippen molar-refractivity contribution in [1.29, 1.82) is 0 Å². The van der Waals surface area contributed by atoms with E-state index in [1.807, 2.05) is 36.4 Å². The highest BCUT2D eigenvalue weighted by Gasteiger charge is 2.13. The monoisotopic (exact) mass is 321 g/mol. The van der Waals surface area contributed by atoms with Crippen molar-refractivity contribution in [1.82, 2.24) is 10.2 Å². The molecule has 0 aliphatic heterocycles. The maximum Gasteiger partial charge on any atom is 0.145 e. The summed E-state index contributed by atoms with van der Waals surface area (Å²) in [7, 11) is 0. The summed E-state index contributed by atoms with van der Waals surface area (Å²) < 4.78 is 6.09. The lowest BCUT2D eigenvalue weighted by Gasteiger charge is -2.17. The first kappa shape index (κ1) is 16.1. The molecule has 0 spiro atoms. The van der Waals surface area contributed by atoms with Crippen molar-refractivity contribution in [3.8, 4) is 17.0 Å². The highest BCUT2D eigenvalue weighted by atomic mass is 16.5. The number of benzene rings is 2. The van der Waals surface area contributed by atoms with Crippen LogP contribution in [0.15, 0.2) is 54.6 Å². The zero-order valence-electron chi connectivity index (χ0n) is 14.1. The Bertz CT molecular complexity index is 796. The number of nitrogens with zero attached hydrogens (tertiary/aromatic N) is 1. The van der Waals surface area contributed by atoms with Gasteiger partial charge in [0.15, 0.2) is 0 Å². The van der Waals surface area contributed by atoms with Crippen LogP contribution in [0.4, 0.5) is 5.82 Å². The number of hydrogen-bond donors (Lipinski definition) is 2. The highest BCUT2D eigenvalue weighted by molar-refractivity contribution is 5.64. The highest BCUT2D eigenvalue weighted by Crippen LogP contribution is 2.33. The van der Waals surface area contributed by atoms with Crippen LogP contribution in [0.2, 0.25) is 0 Å². The zero-order valence-corrected chi connectivity index (χ0v) is 14.1. The summed E-state index contributed by atoms with van der Waals surface area (Å²) >= 11 is 0. The minimum absolute atomic E-state index is 0.413. The predicted molar refractivity (Wildman–Crippen MR) is 97.9 cm³/mol. The van der Waals surface area contributed by atoms with Crippen molar-refractivity contribution in [2.45, 2.75) is 32.8 Å². The Morgan fingerprint density at radius 2 is 1.92 bits per heavy atom. The van der Waals surface area contributed by atoms with Crippen LogP contribution in [0.1, 0.15) is 37.3 Å².